The van der Waals surface area contributed by atoms with Crippen LogP contribution in [0.25, 0.3) is 0 Å². The monoisotopic (exact) mass is 306 g/mol. The fraction of sp³-hybridized carbons (Fsp3) is 0.765. The van der Waals surface area contributed by atoms with Gasteiger partial charge in [-0.15, -0.1) is 0 Å². The van der Waals surface area contributed by atoms with Crippen LogP contribution in [-0.2, 0) is 4.74 Å². The molecule has 1 amide bonds. The van der Waals surface area contributed by atoms with Crippen molar-refractivity contribution in [2.24, 2.45) is 11.8 Å². The summed E-state index contributed by atoms with van der Waals surface area (Å²) in [7, 11) is 0. The maximum atomic E-state index is 12.5. The third kappa shape index (κ3) is 3.35. The van der Waals surface area contributed by atoms with Crippen molar-refractivity contribution in [3.8, 4) is 0 Å². The van der Waals surface area contributed by atoms with Crippen LogP contribution in [0, 0.1) is 11.8 Å². The average molecular weight is 306 g/mol. The Morgan fingerprint density at radius 1 is 1.27 bits per heavy atom. The molecule has 0 aromatic carbocycles. The van der Waals surface area contributed by atoms with E-state index in [1.807, 2.05) is 18.7 Å². The van der Waals surface area contributed by atoms with Crippen LogP contribution < -0.4 is 0 Å². The second kappa shape index (κ2) is 6.82. The minimum Gasteiger partial charge on any atom is -0.381 e. The molecule has 2 aliphatic rings. The highest BCUT2D eigenvalue weighted by Gasteiger charge is 2.31. The Labute approximate surface area is 132 Å². The third-order valence-corrected chi connectivity index (χ3v) is 5.01. The molecule has 0 N–H and O–H groups in total. The highest BCUT2D eigenvalue weighted by molar-refractivity contribution is 5.92. The number of likely N-dealkylation sites (tertiary alicyclic amines) is 1. The molecular formula is C17H26N2O3. The van der Waals surface area contributed by atoms with Crippen LogP contribution in [0.1, 0.15) is 61.7 Å². The number of nitrogens with zero attached hydrogens (tertiary/aromatic N) is 2. The highest BCUT2D eigenvalue weighted by Crippen LogP contribution is 2.31. The number of amides is 1. The van der Waals surface area contributed by atoms with E-state index in [1.165, 1.54) is 12.8 Å². The predicted molar refractivity (Wildman–Crippen MR) is 82.8 cm³/mol. The highest BCUT2D eigenvalue weighted by atomic mass is 16.5. The molecular weight excluding hydrogens is 280 g/mol. The Morgan fingerprint density at radius 2 is 2.05 bits per heavy atom. The van der Waals surface area contributed by atoms with Gasteiger partial charge in [0.1, 0.15) is 5.76 Å². The number of ether oxygens (including phenoxy) is 1. The summed E-state index contributed by atoms with van der Waals surface area (Å²) in [5.74, 6) is 2.43. The minimum atomic E-state index is 0.00833. The first-order valence-corrected chi connectivity index (χ1v) is 8.48. The molecule has 22 heavy (non-hydrogen) atoms. The van der Waals surface area contributed by atoms with E-state index < -0.39 is 0 Å². The molecule has 0 spiro atoms. The summed E-state index contributed by atoms with van der Waals surface area (Å²) >= 11 is 0. The normalized spacial score (nSPS) is 24.0. The van der Waals surface area contributed by atoms with Crippen molar-refractivity contribution in [2.45, 2.75) is 45.4 Å². The van der Waals surface area contributed by atoms with Crippen LogP contribution in [0.5, 0.6) is 0 Å². The molecule has 2 aliphatic heterocycles. The Balaban J connectivity index is 1.54. The standard InChI is InChI=1S/C17H26N2O3/c1-12(2)16-10-15(18-22-16)17(20)19-7-5-13(6-8-19)14-4-3-9-21-11-14/h10,12-14H,3-9,11H2,1-2H3/t14-/m0/s1. The van der Waals surface area contributed by atoms with Gasteiger partial charge in [0.15, 0.2) is 5.69 Å². The molecule has 2 saturated heterocycles. The molecule has 1 aromatic heterocycles. The molecule has 3 rings (SSSR count). The molecule has 2 fully saturated rings. The first-order valence-electron chi connectivity index (χ1n) is 8.48. The SMILES string of the molecule is CC(C)c1cc(C(=O)N2CCC([C@H]3CCCOC3)CC2)no1. The van der Waals surface area contributed by atoms with E-state index in [-0.39, 0.29) is 11.8 Å². The van der Waals surface area contributed by atoms with Crippen LogP contribution in [0.2, 0.25) is 0 Å². The Hall–Kier alpha value is -1.36. The van der Waals surface area contributed by atoms with Gasteiger partial charge in [-0.25, -0.2) is 0 Å². The molecule has 0 saturated carbocycles. The van der Waals surface area contributed by atoms with Gasteiger partial charge in [0.2, 0.25) is 0 Å². The summed E-state index contributed by atoms with van der Waals surface area (Å²) < 4.78 is 10.8. The molecule has 3 heterocycles. The Kier molecular flexibility index (Phi) is 4.81. The smallest absolute Gasteiger partial charge is 0.276 e. The summed E-state index contributed by atoms with van der Waals surface area (Å²) in [5, 5.41) is 3.94. The van der Waals surface area contributed by atoms with Gasteiger partial charge in [0, 0.05) is 38.3 Å². The van der Waals surface area contributed by atoms with E-state index in [0.717, 1.165) is 44.9 Å². The van der Waals surface area contributed by atoms with Crippen molar-refractivity contribution in [1.82, 2.24) is 10.1 Å². The number of rotatable bonds is 3. The lowest BCUT2D eigenvalue weighted by Gasteiger charge is -2.37. The van der Waals surface area contributed by atoms with Gasteiger partial charge in [0.25, 0.3) is 5.91 Å². The van der Waals surface area contributed by atoms with Crippen LogP contribution in [-0.4, -0.2) is 42.3 Å². The second-order valence-corrected chi connectivity index (χ2v) is 6.88. The van der Waals surface area contributed by atoms with Crippen molar-refractivity contribution in [3.05, 3.63) is 17.5 Å². The fourth-order valence-electron chi connectivity index (χ4n) is 3.54. The minimum absolute atomic E-state index is 0.00833. The zero-order valence-corrected chi connectivity index (χ0v) is 13.6. The van der Waals surface area contributed by atoms with E-state index in [0.29, 0.717) is 17.5 Å². The number of hydrogen-bond donors (Lipinski definition) is 0. The number of piperidine rings is 1. The number of carbonyl (C=O) groups excluding carboxylic acids is 1. The number of carbonyl (C=O) groups is 1. The van der Waals surface area contributed by atoms with E-state index in [1.54, 1.807) is 6.07 Å². The van der Waals surface area contributed by atoms with Crippen molar-refractivity contribution in [1.29, 1.82) is 0 Å². The molecule has 1 aromatic rings. The van der Waals surface area contributed by atoms with Crippen LogP contribution >= 0.6 is 0 Å². The molecule has 122 valence electrons. The molecule has 5 heteroatoms. The van der Waals surface area contributed by atoms with E-state index in [4.69, 9.17) is 9.26 Å². The van der Waals surface area contributed by atoms with Crippen LogP contribution in [0.4, 0.5) is 0 Å². The maximum absolute atomic E-state index is 12.5. The maximum Gasteiger partial charge on any atom is 0.276 e. The summed E-state index contributed by atoms with van der Waals surface area (Å²) in [5.41, 5.74) is 0.447. The second-order valence-electron chi connectivity index (χ2n) is 6.88. The molecule has 0 radical (unpaired) electrons. The summed E-state index contributed by atoms with van der Waals surface area (Å²) in [6.45, 7) is 7.53. The van der Waals surface area contributed by atoms with Gasteiger partial charge < -0.3 is 14.2 Å². The lowest BCUT2D eigenvalue weighted by Crippen LogP contribution is -2.41. The van der Waals surface area contributed by atoms with Crippen molar-refractivity contribution < 1.29 is 14.1 Å². The lowest BCUT2D eigenvalue weighted by atomic mass is 9.81. The zero-order chi connectivity index (χ0) is 15.5. The fourth-order valence-corrected chi connectivity index (χ4v) is 3.54. The van der Waals surface area contributed by atoms with Crippen molar-refractivity contribution in [2.75, 3.05) is 26.3 Å². The number of hydrogen-bond acceptors (Lipinski definition) is 4. The van der Waals surface area contributed by atoms with Crippen LogP contribution in [0.3, 0.4) is 0 Å². The molecule has 1 atom stereocenters. The number of aromatic nitrogens is 1. The summed E-state index contributed by atoms with van der Waals surface area (Å²) in [4.78, 5) is 14.4. The predicted octanol–water partition coefficient (Wildman–Crippen LogP) is 3.08. The van der Waals surface area contributed by atoms with Gasteiger partial charge in [-0.1, -0.05) is 19.0 Å². The van der Waals surface area contributed by atoms with Gasteiger partial charge in [-0.2, -0.15) is 0 Å². The van der Waals surface area contributed by atoms with E-state index in [2.05, 4.69) is 5.16 Å². The van der Waals surface area contributed by atoms with Crippen molar-refractivity contribution in [3.63, 3.8) is 0 Å². The first kappa shape index (κ1) is 15.5. The first-order chi connectivity index (χ1) is 10.6. The summed E-state index contributed by atoms with van der Waals surface area (Å²) in [6.07, 6.45) is 4.61. The van der Waals surface area contributed by atoms with Crippen molar-refractivity contribution >= 4 is 5.91 Å². The van der Waals surface area contributed by atoms with E-state index in [9.17, 15) is 4.79 Å². The van der Waals surface area contributed by atoms with Gasteiger partial charge >= 0.3 is 0 Å². The Bertz CT molecular complexity index is 498. The molecule has 5 nitrogen and oxygen atoms in total. The molecule has 0 aliphatic carbocycles. The zero-order valence-electron chi connectivity index (χ0n) is 13.6. The molecule has 0 unspecified atom stereocenters. The van der Waals surface area contributed by atoms with Crippen LogP contribution in [0.15, 0.2) is 10.6 Å². The average Bonchev–Trinajstić information content (AvgIpc) is 3.05. The van der Waals surface area contributed by atoms with Gasteiger partial charge in [0.05, 0.1) is 0 Å². The largest absolute Gasteiger partial charge is 0.381 e. The lowest BCUT2D eigenvalue weighted by molar-refractivity contribution is 0.0139. The third-order valence-electron chi connectivity index (χ3n) is 5.01. The van der Waals surface area contributed by atoms with Gasteiger partial charge in [-0.3, -0.25) is 4.79 Å². The Morgan fingerprint density at radius 3 is 2.64 bits per heavy atom. The summed E-state index contributed by atoms with van der Waals surface area (Å²) in [6, 6.07) is 1.79. The van der Waals surface area contributed by atoms with E-state index >= 15 is 0 Å². The molecule has 0 bridgehead atoms. The topological polar surface area (TPSA) is 55.6 Å². The van der Waals surface area contributed by atoms with Gasteiger partial charge in [-0.05, 0) is 37.5 Å². The quantitative estimate of drug-likeness (QED) is 0.861.